The van der Waals surface area contributed by atoms with Gasteiger partial charge in [0.05, 0.1) is 18.4 Å². The topological polar surface area (TPSA) is 47.6 Å². The molecule has 1 N–H and O–H groups in total. The van der Waals surface area contributed by atoms with Gasteiger partial charge in [-0.05, 0) is 47.4 Å². The Morgan fingerprint density at radius 1 is 0.857 bits per heavy atom. The molecular formula is C24H25NO3. The molecule has 0 spiro atoms. The highest BCUT2D eigenvalue weighted by Crippen LogP contribution is 2.32. The Balaban J connectivity index is 1.90. The van der Waals surface area contributed by atoms with Gasteiger partial charge in [0.1, 0.15) is 17.2 Å². The second kappa shape index (κ2) is 8.17. The number of para-hydroxylation sites is 2. The lowest BCUT2D eigenvalue weighted by Gasteiger charge is -2.21. The Hall–Kier alpha value is -3.27. The molecule has 4 heteroatoms. The van der Waals surface area contributed by atoms with Crippen molar-refractivity contribution in [2.75, 3.05) is 12.4 Å². The molecule has 0 aromatic heterocycles. The van der Waals surface area contributed by atoms with Gasteiger partial charge in [-0.3, -0.25) is 4.79 Å². The first-order valence-corrected chi connectivity index (χ1v) is 9.20. The summed E-state index contributed by atoms with van der Waals surface area (Å²) in [4.78, 5) is 13.0. The molecule has 3 aromatic rings. The lowest BCUT2D eigenvalue weighted by molar-refractivity contribution is 0.102. The van der Waals surface area contributed by atoms with Crippen molar-refractivity contribution in [3.63, 3.8) is 0 Å². The van der Waals surface area contributed by atoms with E-state index in [9.17, 15) is 4.79 Å². The summed E-state index contributed by atoms with van der Waals surface area (Å²) in [5, 5.41) is 2.97. The van der Waals surface area contributed by atoms with Crippen molar-refractivity contribution in [2.24, 2.45) is 0 Å². The van der Waals surface area contributed by atoms with Crippen LogP contribution in [0.15, 0.2) is 72.8 Å². The highest BCUT2D eigenvalue weighted by molar-refractivity contribution is 6.07. The molecule has 0 fully saturated rings. The summed E-state index contributed by atoms with van der Waals surface area (Å²) in [7, 11) is 1.59. The fraction of sp³-hybridized carbons (Fsp3) is 0.208. The molecule has 28 heavy (non-hydrogen) atoms. The summed E-state index contributed by atoms with van der Waals surface area (Å²) in [6.45, 7) is 6.39. The van der Waals surface area contributed by atoms with Crippen molar-refractivity contribution in [3.05, 3.63) is 83.9 Å². The molecule has 0 saturated carbocycles. The van der Waals surface area contributed by atoms with Crippen LogP contribution in [0.4, 0.5) is 5.69 Å². The third-order valence-electron chi connectivity index (χ3n) is 4.42. The summed E-state index contributed by atoms with van der Waals surface area (Å²) in [5.74, 6) is 1.53. The number of carbonyl (C=O) groups is 1. The second-order valence-electron chi connectivity index (χ2n) is 7.53. The van der Waals surface area contributed by atoms with Gasteiger partial charge < -0.3 is 14.8 Å². The van der Waals surface area contributed by atoms with Crippen LogP contribution in [0, 0.1) is 0 Å². The number of methoxy groups -OCH3 is 1. The number of ether oxygens (including phenoxy) is 2. The van der Waals surface area contributed by atoms with Gasteiger partial charge in [-0.2, -0.15) is 0 Å². The lowest BCUT2D eigenvalue weighted by atomic mass is 9.87. The highest BCUT2D eigenvalue weighted by Gasteiger charge is 2.19. The van der Waals surface area contributed by atoms with Crippen molar-refractivity contribution in [2.45, 2.75) is 26.2 Å². The van der Waals surface area contributed by atoms with Crippen LogP contribution in [0.25, 0.3) is 0 Å². The summed E-state index contributed by atoms with van der Waals surface area (Å²) in [5.41, 5.74) is 2.15. The average Bonchev–Trinajstić information content (AvgIpc) is 2.68. The molecule has 0 aliphatic heterocycles. The average molecular weight is 375 g/mol. The Bertz CT molecular complexity index is 959. The van der Waals surface area contributed by atoms with Gasteiger partial charge in [0, 0.05) is 0 Å². The van der Waals surface area contributed by atoms with E-state index in [1.54, 1.807) is 19.2 Å². The molecular weight excluding hydrogens is 350 g/mol. The van der Waals surface area contributed by atoms with Gasteiger partial charge in [-0.1, -0.05) is 57.2 Å². The van der Waals surface area contributed by atoms with Crippen LogP contribution in [-0.2, 0) is 5.41 Å². The fourth-order valence-corrected chi connectivity index (χ4v) is 2.82. The van der Waals surface area contributed by atoms with E-state index in [1.165, 1.54) is 0 Å². The molecule has 0 saturated heterocycles. The second-order valence-corrected chi connectivity index (χ2v) is 7.53. The van der Waals surface area contributed by atoms with Gasteiger partial charge in [-0.25, -0.2) is 0 Å². The molecule has 3 aromatic carbocycles. The minimum atomic E-state index is -0.254. The molecule has 0 bridgehead atoms. The first-order valence-electron chi connectivity index (χ1n) is 9.20. The van der Waals surface area contributed by atoms with Gasteiger partial charge in [-0.15, -0.1) is 0 Å². The van der Waals surface area contributed by atoms with Crippen molar-refractivity contribution in [3.8, 4) is 17.2 Å². The Morgan fingerprint density at radius 2 is 1.54 bits per heavy atom. The minimum absolute atomic E-state index is 0.0416. The normalized spacial score (nSPS) is 11.0. The van der Waals surface area contributed by atoms with Crippen molar-refractivity contribution in [1.29, 1.82) is 0 Å². The van der Waals surface area contributed by atoms with Crippen LogP contribution in [0.1, 0.15) is 36.7 Å². The molecule has 4 nitrogen and oxygen atoms in total. The number of amides is 1. The molecule has 3 rings (SSSR count). The Kier molecular flexibility index (Phi) is 5.69. The van der Waals surface area contributed by atoms with E-state index in [2.05, 4.69) is 26.1 Å². The molecule has 0 aliphatic rings. The number of hydrogen-bond donors (Lipinski definition) is 1. The van der Waals surface area contributed by atoms with Crippen molar-refractivity contribution in [1.82, 2.24) is 0 Å². The zero-order chi connectivity index (χ0) is 20.1. The molecule has 1 amide bonds. The predicted molar refractivity (Wildman–Crippen MR) is 113 cm³/mol. The first kappa shape index (κ1) is 19.5. The maximum absolute atomic E-state index is 13.0. The number of nitrogens with one attached hydrogen (secondary N) is 1. The van der Waals surface area contributed by atoms with Gasteiger partial charge in [0.25, 0.3) is 5.91 Å². The number of hydrogen-bond acceptors (Lipinski definition) is 3. The molecule has 0 atom stereocenters. The van der Waals surface area contributed by atoms with Gasteiger partial charge in [0.2, 0.25) is 0 Å². The lowest BCUT2D eigenvalue weighted by Crippen LogP contribution is -2.16. The summed E-state index contributed by atoms with van der Waals surface area (Å²) < 4.78 is 11.3. The van der Waals surface area contributed by atoms with Crippen LogP contribution < -0.4 is 14.8 Å². The summed E-state index contributed by atoms with van der Waals surface area (Å²) in [6.07, 6.45) is 0. The zero-order valence-corrected chi connectivity index (χ0v) is 16.7. The maximum atomic E-state index is 13.0. The summed E-state index contributed by atoms with van der Waals surface area (Å²) in [6, 6.07) is 22.4. The fourth-order valence-electron chi connectivity index (χ4n) is 2.82. The summed E-state index contributed by atoms with van der Waals surface area (Å²) >= 11 is 0. The van der Waals surface area contributed by atoms with Crippen LogP contribution in [0.2, 0.25) is 0 Å². The monoisotopic (exact) mass is 375 g/mol. The van der Waals surface area contributed by atoms with E-state index < -0.39 is 0 Å². The first-order chi connectivity index (χ1) is 13.4. The quantitative estimate of drug-likeness (QED) is 0.591. The van der Waals surface area contributed by atoms with Crippen molar-refractivity contribution < 1.29 is 14.3 Å². The maximum Gasteiger partial charge on any atom is 0.259 e. The van der Waals surface area contributed by atoms with E-state index in [4.69, 9.17) is 9.47 Å². The van der Waals surface area contributed by atoms with E-state index in [-0.39, 0.29) is 11.3 Å². The molecule has 0 unspecified atom stereocenters. The van der Waals surface area contributed by atoms with E-state index in [0.717, 1.165) is 5.56 Å². The van der Waals surface area contributed by atoms with E-state index in [0.29, 0.717) is 28.5 Å². The standard InChI is InChI=1S/C24H25NO3/c1-24(2,3)17-14-15-22(27-4)20(16-17)25-23(26)19-12-8-9-13-21(19)28-18-10-6-5-7-11-18/h5-16H,1-4H3,(H,25,26). The van der Waals surface area contributed by atoms with Gasteiger partial charge in [0.15, 0.2) is 0 Å². The van der Waals surface area contributed by atoms with Crippen LogP contribution in [0.5, 0.6) is 17.2 Å². The number of anilines is 1. The van der Waals surface area contributed by atoms with Gasteiger partial charge >= 0.3 is 0 Å². The molecule has 144 valence electrons. The van der Waals surface area contributed by atoms with Crippen LogP contribution in [-0.4, -0.2) is 13.0 Å². The molecule has 0 radical (unpaired) electrons. The largest absolute Gasteiger partial charge is 0.495 e. The van der Waals surface area contributed by atoms with E-state index in [1.807, 2.05) is 60.7 Å². The number of benzene rings is 3. The Labute approximate surface area is 166 Å². The molecule has 0 aliphatic carbocycles. The van der Waals surface area contributed by atoms with Crippen LogP contribution >= 0.6 is 0 Å². The third-order valence-corrected chi connectivity index (χ3v) is 4.42. The smallest absolute Gasteiger partial charge is 0.259 e. The van der Waals surface area contributed by atoms with Crippen LogP contribution in [0.3, 0.4) is 0 Å². The van der Waals surface area contributed by atoms with Crippen molar-refractivity contribution >= 4 is 11.6 Å². The van der Waals surface area contributed by atoms with E-state index >= 15 is 0 Å². The molecule has 0 heterocycles. The highest BCUT2D eigenvalue weighted by atomic mass is 16.5. The zero-order valence-electron chi connectivity index (χ0n) is 16.7. The Morgan fingerprint density at radius 3 is 2.21 bits per heavy atom. The SMILES string of the molecule is COc1ccc(C(C)(C)C)cc1NC(=O)c1ccccc1Oc1ccccc1. The predicted octanol–water partition coefficient (Wildman–Crippen LogP) is 6.04. The minimum Gasteiger partial charge on any atom is -0.495 e. The number of rotatable bonds is 5. The number of carbonyl (C=O) groups excluding carboxylic acids is 1. The third kappa shape index (κ3) is 4.52.